The molecule has 0 aliphatic carbocycles. The van der Waals surface area contributed by atoms with Crippen LogP contribution >= 0.6 is 0 Å². The van der Waals surface area contributed by atoms with E-state index in [9.17, 15) is 22.8 Å². The van der Waals surface area contributed by atoms with E-state index >= 15 is 0 Å². The van der Waals surface area contributed by atoms with Gasteiger partial charge in [0.05, 0.1) is 5.69 Å². The second kappa shape index (κ2) is 8.10. The highest BCUT2D eigenvalue weighted by Crippen LogP contribution is 2.33. The molecule has 1 aliphatic heterocycles. The van der Waals surface area contributed by atoms with E-state index in [0.717, 1.165) is 24.0 Å². The lowest BCUT2D eigenvalue weighted by Gasteiger charge is -2.16. The van der Waals surface area contributed by atoms with Crippen LogP contribution in [-0.2, 0) is 22.4 Å². The topological polar surface area (TPSA) is 79.0 Å². The molecule has 9 heteroatoms. The molecule has 4 rings (SSSR count). The van der Waals surface area contributed by atoms with Gasteiger partial charge in [0.25, 0.3) is 0 Å². The van der Waals surface area contributed by atoms with E-state index in [0.29, 0.717) is 30.0 Å². The summed E-state index contributed by atoms with van der Waals surface area (Å²) in [7, 11) is 0. The Bertz CT molecular complexity index is 1080. The first-order chi connectivity index (χ1) is 14.5. The Labute approximate surface area is 169 Å². The summed E-state index contributed by atoms with van der Waals surface area (Å²) in [4.78, 5) is 29.6. The zero-order chi connectivity index (χ0) is 21.3. The summed E-state index contributed by atoms with van der Waals surface area (Å²) in [5, 5.41) is 7.14. The van der Waals surface area contributed by atoms with E-state index in [-0.39, 0.29) is 24.3 Å². The van der Waals surface area contributed by atoms with Crippen molar-refractivity contribution in [1.82, 2.24) is 15.2 Å². The molecule has 0 spiro atoms. The van der Waals surface area contributed by atoms with Crippen molar-refractivity contribution in [2.75, 3.05) is 11.4 Å². The molecule has 1 aliphatic rings. The SMILES string of the molecule is O=CCc1c(N2CCC(Cc3cc(F)c(F)c(F)c3)C2=O)n[nH]c1-c1ccncc1. The predicted molar refractivity (Wildman–Crippen MR) is 102 cm³/mol. The highest BCUT2D eigenvalue weighted by molar-refractivity contribution is 5.98. The molecule has 1 saturated heterocycles. The maximum atomic E-state index is 13.5. The van der Waals surface area contributed by atoms with E-state index in [1.165, 1.54) is 4.90 Å². The fraction of sp³-hybridized carbons (Fsp3) is 0.238. The van der Waals surface area contributed by atoms with E-state index in [1.807, 2.05) is 0 Å². The van der Waals surface area contributed by atoms with Gasteiger partial charge in [-0.2, -0.15) is 5.10 Å². The van der Waals surface area contributed by atoms with Gasteiger partial charge in [-0.05, 0) is 42.7 Å². The molecule has 1 fully saturated rings. The Morgan fingerprint density at radius 2 is 1.87 bits per heavy atom. The Hall–Kier alpha value is -3.49. The number of carbonyl (C=O) groups is 2. The molecular weight excluding hydrogens is 397 g/mol. The lowest BCUT2D eigenvalue weighted by atomic mass is 9.98. The molecule has 6 nitrogen and oxygen atoms in total. The number of nitrogens with zero attached hydrogens (tertiary/aromatic N) is 3. The van der Waals surface area contributed by atoms with Crippen LogP contribution in [0, 0.1) is 23.4 Å². The van der Waals surface area contributed by atoms with Gasteiger partial charge in [-0.25, -0.2) is 13.2 Å². The molecule has 0 bridgehead atoms. The summed E-state index contributed by atoms with van der Waals surface area (Å²) >= 11 is 0. The summed E-state index contributed by atoms with van der Waals surface area (Å²) in [5.41, 5.74) is 2.20. The number of benzene rings is 1. The van der Waals surface area contributed by atoms with Crippen molar-refractivity contribution < 1.29 is 22.8 Å². The molecule has 1 atom stereocenters. The van der Waals surface area contributed by atoms with Crippen molar-refractivity contribution in [2.45, 2.75) is 19.3 Å². The number of rotatable bonds is 6. The average Bonchev–Trinajstić information content (AvgIpc) is 3.31. The van der Waals surface area contributed by atoms with Crippen LogP contribution in [0.5, 0.6) is 0 Å². The summed E-state index contributed by atoms with van der Waals surface area (Å²) < 4.78 is 40.2. The van der Waals surface area contributed by atoms with E-state index in [1.54, 1.807) is 24.5 Å². The van der Waals surface area contributed by atoms with Crippen molar-refractivity contribution in [3.8, 4) is 11.3 Å². The first-order valence-electron chi connectivity index (χ1n) is 9.35. The van der Waals surface area contributed by atoms with Crippen molar-refractivity contribution in [3.05, 3.63) is 65.2 Å². The molecule has 1 unspecified atom stereocenters. The van der Waals surface area contributed by atoms with E-state index in [2.05, 4.69) is 15.2 Å². The van der Waals surface area contributed by atoms with Gasteiger partial charge < -0.3 is 4.79 Å². The van der Waals surface area contributed by atoms with Crippen LogP contribution in [0.4, 0.5) is 19.0 Å². The number of pyridine rings is 1. The van der Waals surface area contributed by atoms with Gasteiger partial charge in [0, 0.05) is 42.4 Å². The number of aldehydes is 1. The van der Waals surface area contributed by atoms with Crippen LogP contribution < -0.4 is 4.90 Å². The zero-order valence-electron chi connectivity index (χ0n) is 15.7. The van der Waals surface area contributed by atoms with Gasteiger partial charge in [0.1, 0.15) is 6.29 Å². The minimum absolute atomic E-state index is 0.0618. The lowest BCUT2D eigenvalue weighted by Crippen LogP contribution is -2.29. The second-order valence-corrected chi connectivity index (χ2v) is 7.06. The van der Waals surface area contributed by atoms with Gasteiger partial charge in [0.2, 0.25) is 5.91 Å². The van der Waals surface area contributed by atoms with Crippen LogP contribution in [0.1, 0.15) is 17.5 Å². The van der Waals surface area contributed by atoms with Crippen LogP contribution in [0.2, 0.25) is 0 Å². The van der Waals surface area contributed by atoms with Crippen LogP contribution in [-0.4, -0.2) is 33.9 Å². The maximum absolute atomic E-state index is 13.5. The Kier molecular flexibility index (Phi) is 5.35. The summed E-state index contributed by atoms with van der Waals surface area (Å²) in [6.07, 6.45) is 4.54. The maximum Gasteiger partial charge on any atom is 0.231 e. The predicted octanol–water partition coefficient (Wildman–Crippen LogP) is 3.23. The van der Waals surface area contributed by atoms with Crippen molar-refractivity contribution in [1.29, 1.82) is 0 Å². The fourth-order valence-corrected chi connectivity index (χ4v) is 3.76. The van der Waals surface area contributed by atoms with Crippen LogP contribution in [0.25, 0.3) is 11.3 Å². The third kappa shape index (κ3) is 3.58. The Balaban J connectivity index is 1.60. The number of amides is 1. The minimum Gasteiger partial charge on any atom is -0.303 e. The monoisotopic (exact) mass is 414 g/mol. The molecule has 0 radical (unpaired) electrons. The number of H-pyrrole nitrogens is 1. The number of carbonyl (C=O) groups excluding carboxylic acids is 2. The average molecular weight is 414 g/mol. The molecular formula is C21H17F3N4O2. The van der Waals surface area contributed by atoms with Crippen LogP contribution in [0.3, 0.4) is 0 Å². The highest BCUT2D eigenvalue weighted by Gasteiger charge is 2.35. The fourth-order valence-electron chi connectivity index (χ4n) is 3.76. The number of aromatic nitrogens is 3. The highest BCUT2D eigenvalue weighted by atomic mass is 19.2. The molecule has 154 valence electrons. The summed E-state index contributed by atoms with van der Waals surface area (Å²) in [6, 6.07) is 5.33. The third-order valence-corrected chi connectivity index (χ3v) is 5.20. The smallest absolute Gasteiger partial charge is 0.231 e. The van der Waals surface area contributed by atoms with Gasteiger partial charge >= 0.3 is 0 Å². The molecule has 1 amide bonds. The normalized spacial score (nSPS) is 16.3. The first-order valence-corrected chi connectivity index (χ1v) is 9.35. The number of nitrogens with one attached hydrogen (secondary N) is 1. The van der Waals surface area contributed by atoms with Gasteiger partial charge in [-0.3, -0.25) is 19.8 Å². The second-order valence-electron chi connectivity index (χ2n) is 7.06. The zero-order valence-corrected chi connectivity index (χ0v) is 15.7. The summed E-state index contributed by atoms with van der Waals surface area (Å²) in [5.74, 6) is -4.53. The molecule has 3 aromatic rings. The third-order valence-electron chi connectivity index (χ3n) is 5.20. The number of hydrogen-bond acceptors (Lipinski definition) is 4. The lowest BCUT2D eigenvalue weighted by molar-refractivity contribution is -0.120. The quantitative estimate of drug-likeness (QED) is 0.496. The van der Waals surface area contributed by atoms with Crippen molar-refractivity contribution in [2.24, 2.45) is 5.92 Å². The van der Waals surface area contributed by atoms with E-state index < -0.39 is 23.4 Å². The Morgan fingerprint density at radius 1 is 1.17 bits per heavy atom. The van der Waals surface area contributed by atoms with Crippen molar-refractivity contribution >= 4 is 18.0 Å². The molecule has 0 saturated carbocycles. The summed E-state index contributed by atoms with van der Waals surface area (Å²) in [6.45, 7) is 0.349. The van der Waals surface area contributed by atoms with Crippen molar-refractivity contribution in [3.63, 3.8) is 0 Å². The van der Waals surface area contributed by atoms with Gasteiger partial charge in [0.15, 0.2) is 23.3 Å². The van der Waals surface area contributed by atoms with Crippen LogP contribution in [0.15, 0.2) is 36.7 Å². The van der Waals surface area contributed by atoms with Gasteiger partial charge in [-0.1, -0.05) is 0 Å². The van der Waals surface area contributed by atoms with E-state index in [4.69, 9.17) is 0 Å². The Morgan fingerprint density at radius 3 is 2.53 bits per heavy atom. The number of anilines is 1. The standard InChI is InChI=1S/C21H17F3N4O2/c22-16-10-12(11-17(23)18(16)24)9-14-3-7-28(21(14)30)20-15(4-8-29)19(26-27-20)13-1-5-25-6-2-13/h1-2,5-6,8,10-11,14H,3-4,7,9H2,(H,26,27). The largest absolute Gasteiger partial charge is 0.303 e. The first kappa shape index (κ1) is 19.8. The van der Waals surface area contributed by atoms with Gasteiger partial charge in [-0.15, -0.1) is 0 Å². The number of hydrogen-bond donors (Lipinski definition) is 1. The molecule has 1 N–H and O–H groups in total. The molecule has 2 aromatic heterocycles. The molecule has 3 heterocycles. The number of aromatic amines is 1. The number of halogens is 3. The minimum atomic E-state index is -1.53. The molecule has 30 heavy (non-hydrogen) atoms. The molecule has 1 aromatic carbocycles.